The van der Waals surface area contributed by atoms with Gasteiger partial charge in [-0.05, 0) is 69.8 Å². The molecule has 3 nitrogen and oxygen atoms in total. The van der Waals surface area contributed by atoms with Gasteiger partial charge in [-0.1, -0.05) is 25.1 Å². The number of hydrogen-bond acceptors (Lipinski definition) is 3. The van der Waals surface area contributed by atoms with Gasteiger partial charge in [-0.3, -0.25) is 11.3 Å². The van der Waals surface area contributed by atoms with E-state index in [0.29, 0.717) is 0 Å². The van der Waals surface area contributed by atoms with Crippen molar-refractivity contribution in [2.45, 2.75) is 57.5 Å². The van der Waals surface area contributed by atoms with E-state index in [1.807, 2.05) is 0 Å². The standard InChI is InChI=1S/C17H29N3/c1-5-17(2,20(3)4)16(19-18)12-13-9-10-14-7-6-8-15(14)11-13/h9-11,16,19H,5-8,12,18H2,1-4H3. The molecule has 112 valence electrons. The van der Waals surface area contributed by atoms with Crippen LogP contribution in [0.1, 0.15) is 43.4 Å². The molecule has 2 rings (SSSR count). The van der Waals surface area contributed by atoms with Gasteiger partial charge in [-0.25, -0.2) is 0 Å². The molecule has 1 aliphatic carbocycles. The first-order valence-electron chi connectivity index (χ1n) is 7.75. The van der Waals surface area contributed by atoms with Crippen LogP contribution < -0.4 is 11.3 Å². The predicted molar refractivity (Wildman–Crippen MR) is 85.7 cm³/mol. The molecule has 0 heterocycles. The van der Waals surface area contributed by atoms with Gasteiger partial charge < -0.3 is 4.90 Å². The number of nitrogens with zero attached hydrogens (tertiary/aromatic N) is 1. The number of benzene rings is 1. The number of aryl methyl sites for hydroxylation is 2. The Kier molecular flexibility index (Phi) is 4.84. The summed E-state index contributed by atoms with van der Waals surface area (Å²) in [6.45, 7) is 4.51. The Hall–Kier alpha value is -0.900. The maximum atomic E-state index is 5.86. The van der Waals surface area contributed by atoms with E-state index in [-0.39, 0.29) is 11.6 Å². The highest BCUT2D eigenvalue weighted by Gasteiger charge is 2.34. The van der Waals surface area contributed by atoms with Crippen molar-refractivity contribution in [3.63, 3.8) is 0 Å². The average Bonchev–Trinajstić information content (AvgIpc) is 2.91. The highest BCUT2D eigenvalue weighted by molar-refractivity contribution is 5.35. The van der Waals surface area contributed by atoms with E-state index in [1.165, 1.54) is 30.4 Å². The Morgan fingerprint density at radius 2 is 2.00 bits per heavy atom. The lowest BCUT2D eigenvalue weighted by molar-refractivity contribution is 0.112. The zero-order valence-corrected chi connectivity index (χ0v) is 13.4. The molecule has 0 bridgehead atoms. The third kappa shape index (κ3) is 2.90. The molecule has 0 aliphatic heterocycles. The first kappa shape index (κ1) is 15.5. The predicted octanol–water partition coefficient (Wildman–Crippen LogP) is 2.28. The summed E-state index contributed by atoms with van der Waals surface area (Å²) in [7, 11) is 4.27. The molecule has 0 amide bonds. The van der Waals surface area contributed by atoms with Crippen LogP contribution in [0.5, 0.6) is 0 Å². The van der Waals surface area contributed by atoms with Crippen LogP contribution in [-0.4, -0.2) is 30.6 Å². The normalized spacial score (nSPS) is 18.9. The third-order valence-electron chi connectivity index (χ3n) is 5.29. The van der Waals surface area contributed by atoms with Gasteiger partial charge >= 0.3 is 0 Å². The zero-order chi connectivity index (χ0) is 14.8. The highest BCUT2D eigenvalue weighted by atomic mass is 15.3. The lowest BCUT2D eigenvalue weighted by Crippen LogP contribution is -2.59. The van der Waals surface area contributed by atoms with E-state index in [9.17, 15) is 0 Å². The molecule has 2 unspecified atom stereocenters. The fraction of sp³-hybridized carbons (Fsp3) is 0.647. The quantitative estimate of drug-likeness (QED) is 0.618. The minimum absolute atomic E-state index is 0.0633. The molecule has 1 aromatic rings. The number of nitrogens with two attached hydrogens (primary N) is 1. The second-order valence-electron chi connectivity index (χ2n) is 6.49. The van der Waals surface area contributed by atoms with Gasteiger partial charge in [0.1, 0.15) is 0 Å². The van der Waals surface area contributed by atoms with Crippen LogP contribution in [0.2, 0.25) is 0 Å². The molecule has 2 atom stereocenters. The summed E-state index contributed by atoms with van der Waals surface area (Å²) < 4.78 is 0. The number of hydrogen-bond donors (Lipinski definition) is 2. The van der Waals surface area contributed by atoms with Crippen molar-refractivity contribution < 1.29 is 0 Å². The van der Waals surface area contributed by atoms with Crippen molar-refractivity contribution in [2.24, 2.45) is 5.84 Å². The Morgan fingerprint density at radius 3 is 2.60 bits per heavy atom. The van der Waals surface area contributed by atoms with Crippen molar-refractivity contribution in [2.75, 3.05) is 14.1 Å². The molecule has 1 aliphatic rings. The first-order valence-corrected chi connectivity index (χ1v) is 7.75. The van der Waals surface area contributed by atoms with Gasteiger partial charge in [0.25, 0.3) is 0 Å². The van der Waals surface area contributed by atoms with E-state index >= 15 is 0 Å². The smallest absolute Gasteiger partial charge is 0.0432 e. The molecule has 3 heteroatoms. The van der Waals surface area contributed by atoms with Crippen molar-refractivity contribution in [3.8, 4) is 0 Å². The van der Waals surface area contributed by atoms with Gasteiger partial charge in [-0.2, -0.15) is 0 Å². The van der Waals surface area contributed by atoms with E-state index in [1.54, 1.807) is 5.56 Å². The number of likely N-dealkylation sites (N-methyl/N-ethyl adjacent to an activating group) is 1. The van der Waals surface area contributed by atoms with Gasteiger partial charge in [0.15, 0.2) is 0 Å². The van der Waals surface area contributed by atoms with Gasteiger partial charge in [0.2, 0.25) is 0 Å². The minimum atomic E-state index is 0.0633. The molecule has 3 N–H and O–H groups in total. The van der Waals surface area contributed by atoms with Crippen LogP contribution >= 0.6 is 0 Å². The first-order chi connectivity index (χ1) is 9.51. The highest BCUT2D eigenvalue weighted by Crippen LogP contribution is 2.27. The zero-order valence-electron chi connectivity index (χ0n) is 13.4. The van der Waals surface area contributed by atoms with E-state index in [2.05, 4.69) is 56.5 Å². The lowest BCUT2D eigenvalue weighted by Gasteiger charge is -2.42. The van der Waals surface area contributed by atoms with Crippen LogP contribution in [0, 0.1) is 0 Å². The van der Waals surface area contributed by atoms with Gasteiger partial charge in [-0.15, -0.1) is 0 Å². The summed E-state index contributed by atoms with van der Waals surface area (Å²) in [6, 6.07) is 7.23. The molecule has 0 fully saturated rings. The average molecular weight is 275 g/mol. The third-order valence-corrected chi connectivity index (χ3v) is 5.29. The van der Waals surface area contributed by atoms with E-state index in [4.69, 9.17) is 5.84 Å². The van der Waals surface area contributed by atoms with Crippen molar-refractivity contribution in [1.29, 1.82) is 0 Å². The van der Waals surface area contributed by atoms with E-state index in [0.717, 1.165) is 12.8 Å². The summed E-state index contributed by atoms with van der Waals surface area (Å²) in [5.74, 6) is 5.86. The second-order valence-corrected chi connectivity index (χ2v) is 6.49. The summed E-state index contributed by atoms with van der Waals surface area (Å²) >= 11 is 0. The SMILES string of the molecule is CCC(C)(C(Cc1ccc2c(c1)CCC2)NN)N(C)C. The number of hydrazine groups is 1. The molecule has 0 spiro atoms. The Morgan fingerprint density at radius 1 is 1.30 bits per heavy atom. The van der Waals surface area contributed by atoms with Crippen molar-refractivity contribution >= 4 is 0 Å². The molecule has 20 heavy (non-hydrogen) atoms. The molecule has 1 aromatic carbocycles. The molecule has 0 saturated carbocycles. The van der Waals surface area contributed by atoms with E-state index < -0.39 is 0 Å². The fourth-order valence-corrected chi connectivity index (χ4v) is 3.32. The fourth-order valence-electron chi connectivity index (χ4n) is 3.32. The van der Waals surface area contributed by atoms with Crippen LogP contribution in [0.4, 0.5) is 0 Å². The second kappa shape index (κ2) is 6.25. The maximum absolute atomic E-state index is 5.86. The number of fused-ring (bicyclic) bond motifs is 1. The Labute approximate surface area is 123 Å². The Balaban J connectivity index is 2.18. The summed E-state index contributed by atoms with van der Waals surface area (Å²) in [5, 5.41) is 0. The minimum Gasteiger partial charge on any atom is -0.302 e. The monoisotopic (exact) mass is 275 g/mol. The molecule has 0 radical (unpaired) electrons. The van der Waals surface area contributed by atoms with Crippen LogP contribution in [0.3, 0.4) is 0 Å². The largest absolute Gasteiger partial charge is 0.302 e. The number of rotatable bonds is 6. The topological polar surface area (TPSA) is 41.3 Å². The molecular formula is C17H29N3. The Bertz CT molecular complexity index is 456. The van der Waals surface area contributed by atoms with Gasteiger partial charge in [0.05, 0.1) is 0 Å². The summed E-state index contributed by atoms with van der Waals surface area (Å²) in [4.78, 5) is 2.28. The summed E-state index contributed by atoms with van der Waals surface area (Å²) in [6.07, 6.45) is 5.84. The molecule has 0 saturated heterocycles. The summed E-state index contributed by atoms with van der Waals surface area (Å²) in [5.41, 5.74) is 7.59. The van der Waals surface area contributed by atoms with Crippen LogP contribution in [-0.2, 0) is 19.3 Å². The van der Waals surface area contributed by atoms with Crippen molar-refractivity contribution in [3.05, 3.63) is 34.9 Å². The molecular weight excluding hydrogens is 246 g/mol. The van der Waals surface area contributed by atoms with Crippen LogP contribution in [0.15, 0.2) is 18.2 Å². The number of nitrogens with one attached hydrogen (secondary N) is 1. The lowest BCUT2D eigenvalue weighted by atomic mass is 9.84. The van der Waals surface area contributed by atoms with Crippen LogP contribution in [0.25, 0.3) is 0 Å². The van der Waals surface area contributed by atoms with Gasteiger partial charge in [0, 0.05) is 11.6 Å². The molecule has 0 aromatic heterocycles. The van der Waals surface area contributed by atoms with Crippen molar-refractivity contribution in [1.82, 2.24) is 10.3 Å². The maximum Gasteiger partial charge on any atom is 0.0432 e.